The zero-order chi connectivity index (χ0) is 20.0. The minimum absolute atomic E-state index is 0.274. The molecule has 0 spiro atoms. The van der Waals surface area contributed by atoms with Crippen LogP contribution in [0.15, 0.2) is 42.5 Å². The van der Waals surface area contributed by atoms with Crippen LogP contribution >= 0.6 is 11.6 Å². The van der Waals surface area contributed by atoms with Gasteiger partial charge in [-0.2, -0.15) is 0 Å². The summed E-state index contributed by atoms with van der Waals surface area (Å²) in [6.07, 6.45) is 4.10. The molecule has 0 bridgehead atoms. The average molecular weight is 408 g/mol. The molecule has 0 amide bonds. The van der Waals surface area contributed by atoms with Gasteiger partial charge in [-0.05, 0) is 48.6 Å². The SMILES string of the molecule is O=C(O)c1cccc(-c2nc3c([nH]2)CN(C2CCc4cccc(Cl)c4C2)CC3)c1. The molecule has 148 valence electrons. The zero-order valence-electron chi connectivity index (χ0n) is 16.0. The van der Waals surface area contributed by atoms with Crippen LogP contribution in [0.3, 0.4) is 0 Å². The van der Waals surface area contributed by atoms with Gasteiger partial charge in [0.05, 0.1) is 17.0 Å². The van der Waals surface area contributed by atoms with Crippen LogP contribution in [0.4, 0.5) is 0 Å². The molecule has 2 aliphatic rings. The van der Waals surface area contributed by atoms with Gasteiger partial charge in [-0.15, -0.1) is 0 Å². The number of nitrogens with zero attached hydrogens (tertiary/aromatic N) is 2. The molecule has 1 aromatic heterocycles. The van der Waals surface area contributed by atoms with Gasteiger partial charge in [0.25, 0.3) is 0 Å². The molecule has 2 heterocycles. The maximum Gasteiger partial charge on any atom is 0.335 e. The standard InChI is InChI=1S/C23H22ClN3O2/c24-19-6-2-3-14-7-8-17(12-18(14)19)27-10-9-20-21(13-27)26-22(25-20)15-4-1-5-16(11-15)23(28)29/h1-6,11,17H,7-10,12-13H2,(H,25,26)(H,28,29). The van der Waals surface area contributed by atoms with E-state index in [0.29, 0.717) is 6.04 Å². The van der Waals surface area contributed by atoms with Gasteiger partial charge in [-0.25, -0.2) is 9.78 Å². The van der Waals surface area contributed by atoms with Crippen LogP contribution in [0.5, 0.6) is 0 Å². The average Bonchev–Trinajstić information content (AvgIpc) is 3.17. The van der Waals surface area contributed by atoms with E-state index in [2.05, 4.69) is 16.0 Å². The van der Waals surface area contributed by atoms with Gasteiger partial charge in [0.1, 0.15) is 5.82 Å². The van der Waals surface area contributed by atoms with Crippen LogP contribution in [0.25, 0.3) is 11.4 Å². The van der Waals surface area contributed by atoms with E-state index in [-0.39, 0.29) is 5.56 Å². The van der Waals surface area contributed by atoms with Crippen LogP contribution in [-0.4, -0.2) is 38.5 Å². The summed E-state index contributed by atoms with van der Waals surface area (Å²) in [4.78, 5) is 22.0. The van der Waals surface area contributed by atoms with Crippen molar-refractivity contribution >= 4 is 17.6 Å². The summed E-state index contributed by atoms with van der Waals surface area (Å²) in [6.45, 7) is 1.82. The topological polar surface area (TPSA) is 69.2 Å². The summed E-state index contributed by atoms with van der Waals surface area (Å²) < 4.78 is 0. The summed E-state index contributed by atoms with van der Waals surface area (Å²) in [5.74, 6) is -0.178. The molecule has 0 saturated heterocycles. The number of benzene rings is 2. The molecule has 5 nitrogen and oxygen atoms in total. The lowest BCUT2D eigenvalue weighted by Crippen LogP contribution is -2.42. The number of aromatic carboxylic acids is 1. The van der Waals surface area contributed by atoms with Crippen molar-refractivity contribution in [3.63, 3.8) is 0 Å². The Hall–Kier alpha value is -2.63. The molecule has 1 aliphatic carbocycles. The quantitative estimate of drug-likeness (QED) is 0.677. The molecule has 1 atom stereocenters. The van der Waals surface area contributed by atoms with Crippen molar-refractivity contribution in [3.8, 4) is 11.4 Å². The third kappa shape index (κ3) is 3.45. The third-order valence-electron chi connectivity index (χ3n) is 6.16. The van der Waals surface area contributed by atoms with E-state index in [4.69, 9.17) is 16.6 Å². The molecule has 1 aliphatic heterocycles. The minimum atomic E-state index is -0.925. The number of rotatable bonds is 3. The Bertz CT molecular complexity index is 1090. The van der Waals surface area contributed by atoms with Gasteiger partial charge >= 0.3 is 5.97 Å². The van der Waals surface area contributed by atoms with E-state index in [9.17, 15) is 9.90 Å². The van der Waals surface area contributed by atoms with Crippen molar-refractivity contribution in [3.05, 3.63) is 75.6 Å². The molecule has 6 heteroatoms. The molecule has 2 aromatic carbocycles. The first-order chi connectivity index (χ1) is 14.1. The highest BCUT2D eigenvalue weighted by Gasteiger charge is 2.29. The molecule has 0 saturated carbocycles. The number of carboxylic acids is 1. The minimum Gasteiger partial charge on any atom is -0.478 e. The third-order valence-corrected chi connectivity index (χ3v) is 6.52. The van der Waals surface area contributed by atoms with Crippen molar-refractivity contribution in [2.45, 2.75) is 38.3 Å². The predicted molar refractivity (Wildman–Crippen MR) is 112 cm³/mol. The van der Waals surface area contributed by atoms with Gasteiger partial charge in [0.2, 0.25) is 0 Å². The Kier molecular flexibility index (Phi) is 4.64. The normalized spacial score (nSPS) is 18.9. The van der Waals surface area contributed by atoms with Crippen molar-refractivity contribution in [2.75, 3.05) is 6.54 Å². The number of halogens is 1. The van der Waals surface area contributed by atoms with Gasteiger partial charge in [-0.1, -0.05) is 35.9 Å². The van der Waals surface area contributed by atoms with Gasteiger partial charge in [-0.3, -0.25) is 4.90 Å². The molecular weight excluding hydrogens is 386 g/mol. The lowest BCUT2D eigenvalue weighted by atomic mass is 9.87. The second-order valence-electron chi connectivity index (χ2n) is 7.89. The lowest BCUT2D eigenvalue weighted by Gasteiger charge is -2.37. The molecule has 1 unspecified atom stereocenters. The van der Waals surface area contributed by atoms with Crippen molar-refractivity contribution in [1.29, 1.82) is 0 Å². The Morgan fingerprint density at radius 3 is 2.93 bits per heavy atom. The van der Waals surface area contributed by atoms with Crippen LogP contribution in [-0.2, 0) is 25.8 Å². The Labute approximate surface area is 174 Å². The largest absolute Gasteiger partial charge is 0.478 e. The lowest BCUT2D eigenvalue weighted by molar-refractivity contribution is 0.0697. The molecule has 5 rings (SSSR count). The first-order valence-electron chi connectivity index (χ1n) is 10.0. The van der Waals surface area contributed by atoms with E-state index in [1.54, 1.807) is 18.2 Å². The number of hydrogen-bond acceptors (Lipinski definition) is 3. The van der Waals surface area contributed by atoms with Crippen molar-refractivity contribution < 1.29 is 9.90 Å². The number of carboxylic acid groups (broad SMARTS) is 1. The number of hydrogen-bond donors (Lipinski definition) is 2. The van der Waals surface area contributed by atoms with E-state index in [0.717, 1.165) is 66.6 Å². The highest BCUT2D eigenvalue weighted by Crippen LogP contribution is 2.32. The summed E-state index contributed by atoms with van der Waals surface area (Å²) in [5, 5.41) is 10.1. The number of aromatic nitrogens is 2. The number of H-pyrrole nitrogens is 1. The van der Waals surface area contributed by atoms with Crippen molar-refractivity contribution in [1.82, 2.24) is 14.9 Å². The van der Waals surface area contributed by atoms with Crippen molar-refractivity contribution in [2.24, 2.45) is 0 Å². The number of aromatic amines is 1. The number of aryl methyl sites for hydroxylation is 1. The highest BCUT2D eigenvalue weighted by molar-refractivity contribution is 6.31. The van der Waals surface area contributed by atoms with Gasteiger partial charge < -0.3 is 10.1 Å². The Morgan fingerprint density at radius 2 is 2.07 bits per heavy atom. The summed E-state index contributed by atoms with van der Waals surface area (Å²) in [7, 11) is 0. The molecule has 29 heavy (non-hydrogen) atoms. The Morgan fingerprint density at radius 1 is 1.21 bits per heavy atom. The molecule has 0 radical (unpaired) electrons. The zero-order valence-corrected chi connectivity index (χ0v) is 16.7. The number of carbonyl (C=O) groups is 1. The van der Waals surface area contributed by atoms with Crippen LogP contribution in [0.2, 0.25) is 5.02 Å². The van der Waals surface area contributed by atoms with E-state index < -0.39 is 5.97 Å². The van der Waals surface area contributed by atoms with Crippen LogP contribution in [0, 0.1) is 0 Å². The summed E-state index contributed by atoms with van der Waals surface area (Å²) in [6, 6.07) is 13.6. The predicted octanol–water partition coefficient (Wildman–Crippen LogP) is 4.34. The second kappa shape index (κ2) is 7.32. The first kappa shape index (κ1) is 18.4. The number of nitrogens with one attached hydrogen (secondary N) is 1. The molecule has 0 fully saturated rings. The fraction of sp³-hybridized carbons (Fsp3) is 0.304. The molecule has 3 aromatic rings. The summed E-state index contributed by atoms with van der Waals surface area (Å²) in [5.41, 5.74) is 5.99. The van der Waals surface area contributed by atoms with E-state index in [1.807, 2.05) is 18.2 Å². The smallest absolute Gasteiger partial charge is 0.335 e. The van der Waals surface area contributed by atoms with Crippen LogP contribution < -0.4 is 0 Å². The fourth-order valence-electron chi connectivity index (χ4n) is 4.60. The highest BCUT2D eigenvalue weighted by atomic mass is 35.5. The second-order valence-corrected chi connectivity index (χ2v) is 8.30. The fourth-order valence-corrected chi connectivity index (χ4v) is 4.87. The van der Waals surface area contributed by atoms with Crippen LogP contribution in [0.1, 0.15) is 39.3 Å². The molecule has 2 N–H and O–H groups in total. The van der Waals surface area contributed by atoms with E-state index >= 15 is 0 Å². The molecular formula is C23H22ClN3O2. The monoisotopic (exact) mass is 407 g/mol. The maximum atomic E-state index is 11.3. The van der Waals surface area contributed by atoms with Gasteiger partial charge in [0.15, 0.2) is 0 Å². The first-order valence-corrected chi connectivity index (χ1v) is 10.4. The number of imidazole rings is 1. The van der Waals surface area contributed by atoms with Gasteiger partial charge in [0, 0.05) is 36.1 Å². The maximum absolute atomic E-state index is 11.3. The van der Waals surface area contributed by atoms with E-state index in [1.165, 1.54) is 11.1 Å². The summed E-state index contributed by atoms with van der Waals surface area (Å²) >= 11 is 6.46. The number of fused-ring (bicyclic) bond motifs is 2. The Balaban J connectivity index is 1.36.